The van der Waals surface area contributed by atoms with E-state index in [-0.39, 0.29) is 33.7 Å². The first kappa shape index (κ1) is 27.7. The lowest BCUT2D eigenvalue weighted by Gasteiger charge is -2.26. The molecule has 1 aliphatic rings. The van der Waals surface area contributed by atoms with Gasteiger partial charge in [0.15, 0.2) is 12.4 Å². The number of nitrogens with one attached hydrogen (secondary N) is 2. The molecule has 0 aliphatic carbocycles. The third-order valence-corrected chi connectivity index (χ3v) is 6.33. The lowest BCUT2D eigenvalue weighted by molar-refractivity contribution is -0.122. The van der Waals surface area contributed by atoms with E-state index in [0.29, 0.717) is 17.0 Å². The smallest absolute Gasteiger partial charge is 0.335 e. The number of aryl methyl sites for hydroxylation is 2. The fraction of sp³-hybridized carbons (Fsp3) is 0.143. The number of benzene rings is 3. The molecule has 4 rings (SSSR count). The molecule has 9 nitrogen and oxygen atoms in total. The summed E-state index contributed by atoms with van der Waals surface area (Å²) in [5, 5.41) is 5.03. The number of anilines is 2. The average molecular weight is 568 g/mol. The van der Waals surface area contributed by atoms with Crippen LogP contribution in [0.4, 0.5) is 16.2 Å². The molecule has 200 valence electrons. The van der Waals surface area contributed by atoms with Crippen LogP contribution in [0.25, 0.3) is 6.08 Å². The molecule has 1 aliphatic heterocycles. The van der Waals surface area contributed by atoms with Crippen LogP contribution in [0.1, 0.15) is 16.7 Å². The number of carbonyl (C=O) groups is 4. The van der Waals surface area contributed by atoms with Gasteiger partial charge in [-0.2, -0.15) is 0 Å². The molecule has 0 unspecified atom stereocenters. The van der Waals surface area contributed by atoms with Crippen molar-refractivity contribution in [3.63, 3.8) is 0 Å². The Morgan fingerprint density at radius 2 is 1.67 bits per heavy atom. The fourth-order valence-corrected chi connectivity index (χ4v) is 4.48. The summed E-state index contributed by atoms with van der Waals surface area (Å²) >= 11 is 12.7. The SMILES string of the molecule is COc1ccc(N2C(=O)NC(=O)/C(=C\c3cc(Cl)c(OCC(=O)Nc4ccc(C)cc4C)c(Cl)c3)C2=O)cc1. The highest BCUT2D eigenvalue weighted by Crippen LogP contribution is 2.35. The average Bonchev–Trinajstić information content (AvgIpc) is 2.88. The molecule has 3 aromatic rings. The van der Waals surface area contributed by atoms with Crippen LogP contribution >= 0.6 is 23.2 Å². The topological polar surface area (TPSA) is 114 Å². The Morgan fingerprint density at radius 3 is 2.28 bits per heavy atom. The number of barbiturate groups is 1. The van der Waals surface area contributed by atoms with Gasteiger partial charge in [0.25, 0.3) is 17.7 Å². The molecule has 0 atom stereocenters. The van der Waals surface area contributed by atoms with E-state index < -0.39 is 23.8 Å². The Balaban J connectivity index is 1.51. The molecular formula is C28H23Cl2N3O6. The molecule has 3 aromatic carbocycles. The quantitative estimate of drug-likeness (QED) is 0.295. The van der Waals surface area contributed by atoms with Gasteiger partial charge in [-0.1, -0.05) is 40.9 Å². The van der Waals surface area contributed by atoms with Crippen molar-refractivity contribution in [2.75, 3.05) is 23.9 Å². The van der Waals surface area contributed by atoms with E-state index in [1.807, 2.05) is 26.0 Å². The summed E-state index contributed by atoms with van der Waals surface area (Å²) in [6, 6.07) is 13.8. The van der Waals surface area contributed by atoms with Crippen LogP contribution in [0, 0.1) is 13.8 Å². The van der Waals surface area contributed by atoms with Gasteiger partial charge in [0.05, 0.1) is 22.8 Å². The highest BCUT2D eigenvalue weighted by molar-refractivity contribution is 6.40. The molecule has 0 spiro atoms. The third-order valence-electron chi connectivity index (χ3n) is 5.77. The highest BCUT2D eigenvalue weighted by Gasteiger charge is 2.36. The number of hydrogen-bond donors (Lipinski definition) is 2. The van der Waals surface area contributed by atoms with Gasteiger partial charge in [0.1, 0.15) is 11.3 Å². The van der Waals surface area contributed by atoms with Gasteiger partial charge < -0.3 is 14.8 Å². The summed E-state index contributed by atoms with van der Waals surface area (Å²) in [7, 11) is 1.49. The largest absolute Gasteiger partial charge is 0.497 e. The van der Waals surface area contributed by atoms with E-state index in [1.165, 1.54) is 37.5 Å². The van der Waals surface area contributed by atoms with Crippen molar-refractivity contribution < 1.29 is 28.7 Å². The lowest BCUT2D eigenvalue weighted by atomic mass is 10.1. The minimum absolute atomic E-state index is 0.0559. The Morgan fingerprint density at radius 1 is 1.00 bits per heavy atom. The Labute approximate surface area is 234 Å². The number of carbonyl (C=O) groups excluding carboxylic acids is 4. The zero-order chi connectivity index (χ0) is 28.3. The van der Waals surface area contributed by atoms with Crippen molar-refractivity contribution in [2.45, 2.75) is 13.8 Å². The van der Waals surface area contributed by atoms with E-state index in [2.05, 4.69) is 10.6 Å². The molecule has 39 heavy (non-hydrogen) atoms. The second-order valence-corrected chi connectivity index (χ2v) is 9.44. The Kier molecular flexibility index (Phi) is 8.23. The molecule has 0 radical (unpaired) electrons. The normalized spacial score (nSPS) is 14.3. The van der Waals surface area contributed by atoms with E-state index in [9.17, 15) is 19.2 Å². The van der Waals surface area contributed by atoms with Gasteiger partial charge in [-0.15, -0.1) is 0 Å². The van der Waals surface area contributed by atoms with Gasteiger partial charge in [-0.25, -0.2) is 9.69 Å². The molecule has 1 fully saturated rings. The second kappa shape index (κ2) is 11.6. The number of halogens is 2. The number of nitrogens with zero attached hydrogens (tertiary/aromatic N) is 1. The number of urea groups is 1. The first-order valence-electron chi connectivity index (χ1n) is 11.6. The summed E-state index contributed by atoms with van der Waals surface area (Å²) in [4.78, 5) is 51.3. The van der Waals surface area contributed by atoms with Crippen molar-refractivity contribution in [2.24, 2.45) is 0 Å². The minimum atomic E-state index is -0.883. The van der Waals surface area contributed by atoms with Crippen LogP contribution in [0.3, 0.4) is 0 Å². The van der Waals surface area contributed by atoms with E-state index in [4.69, 9.17) is 32.7 Å². The van der Waals surface area contributed by atoms with Crippen molar-refractivity contribution in [1.29, 1.82) is 0 Å². The van der Waals surface area contributed by atoms with Crippen LogP contribution in [-0.4, -0.2) is 37.5 Å². The van der Waals surface area contributed by atoms with Crippen molar-refractivity contribution in [3.8, 4) is 11.5 Å². The molecule has 0 bridgehead atoms. The van der Waals surface area contributed by atoms with Crippen LogP contribution in [0.5, 0.6) is 11.5 Å². The summed E-state index contributed by atoms with van der Waals surface area (Å²) in [5.41, 5.74) is 2.88. The number of ether oxygens (including phenoxy) is 2. The molecular weight excluding hydrogens is 545 g/mol. The van der Waals surface area contributed by atoms with Crippen LogP contribution < -0.4 is 25.0 Å². The first-order valence-corrected chi connectivity index (χ1v) is 12.4. The predicted octanol–water partition coefficient (Wildman–Crippen LogP) is 5.30. The van der Waals surface area contributed by atoms with Crippen LogP contribution in [0.15, 0.2) is 60.2 Å². The van der Waals surface area contributed by atoms with Crippen molar-refractivity contribution in [3.05, 3.63) is 86.9 Å². The first-order chi connectivity index (χ1) is 18.6. The number of hydrogen-bond acceptors (Lipinski definition) is 6. The minimum Gasteiger partial charge on any atom is -0.497 e. The monoisotopic (exact) mass is 567 g/mol. The van der Waals surface area contributed by atoms with Gasteiger partial charge in [-0.05, 0) is 73.5 Å². The van der Waals surface area contributed by atoms with Crippen LogP contribution in [-0.2, 0) is 14.4 Å². The van der Waals surface area contributed by atoms with E-state index in [0.717, 1.165) is 16.0 Å². The molecule has 1 heterocycles. The second-order valence-electron chi connectivity index (χ2n) is 8.62. The number of amides is 5. The number of rotatable bonds is 7. The van der Waals surface area contributed by atoms with Crippen molar-refractivity contribution >= 4 is 64.4 Å². The molecule has 0 saturated carbocycles. The summed E-state index contributed by atoms with van der Waals surface area (Å²) in [6.45, 7) is 3.49. The highest BCUT2D eigenvalue weighted by atomic mass is 35.5. The zero-order valence-electron chi connectivity index (χ0n) is 21.1. The predicted molar refractivity (Wildman–Crippen MR) is 148 cm³/mol. The van der Waals surface area contributed by atoms with Crippen molar-refractivity contribution in [1.82, 2.24) is 5.32 Å². The van der Waals surface area contributed by atoms with E-state index in [1.54, 1.807) is 18.2 Å². The Hall–Kier alpha value is -4.34. The molecule has 5 amide bonds. The maximum atomic E-state index is 13.1. The third kappa shape index (κ3) is 6.22. The summed E-state index contributed by atoms with van der Waals surface area (Å²) in [6.07, 6.45) is 1.26. The Bertz CT molecular complexity index is 1500. The molecule has 0 aromatic heterocycles. The lowest BCUT2D eigenvalue weighted by Crippen LogP contribution is -2.54. The maximum Gasteiger partial charge on any atom is 0.335 e. The standard InChI is InChI=1S/C28H23Cl2N3O6/c1-15-4-9-23(16(2)10-15)31-24(34)14-39-25-21(29)12-17(13-22(25)30)11-20-26(35)32-28(37)33(27(20)36)18-5-7-19(38-3)8-6-18/h4-13H,14H2,1-3H3,(H,31,34)(H,32,35,37)/b20-11+. The van der Waals surface area contributed by atoms with Crippen LogP contribution in [0.2, 0.25) is 10.0 Å². The van der Waals surface area contributed by atoms with Gasteiger partial charge in [0.2, 0.25) is 0 Å². The number of methoxy groups -OCH3 is 1. The summed E-state index contributed by atoms with van der Waals surface area (Å²) < 4.78 is 10.7. The maximum absolute atomic E-state index is 13.1. The van der Waals surface area contributed by atoms with Gasteiger partial charge in [-0.3, -0.25) is 19.7 Å². The molecule has 2 N–H and O–H groups in total. The molecule has 11 heteroatoms. The number of imide groups is 2. The fourth-order valence-electron chi connectivity index (χ4n) is 3.87. The van der Waals surface area contributed by atoms with Gasteiger partial charge in [0, 0.05) is 5.69 Å². The zero-order valence-corrected chi connectivity index (χ0v) is 22.6. The molecule has 1 saturated heterocycles. The summed E-state index contributed by atoms with van der Waals surface area (Å²) in [5.74, 6) is -1.52. The van der Waals surface area contributed by atoms with E-state index >= 15 is 0 Å². The van der Waals surface area contributed by atoms with Gasteiger partial charge >= 0.3 is 6.03 Å².